The first kappa shape index (κ1) is 25.9. The third-order valence-electron chi connectivity index (χ3n) is 8.69. The molecule has 0 radical (unpaired) electrons. The van der Waals surface area contributed by atoms with Crippen molar-refractivity contribution in [2.45, 2.75) is 75.8 Å². The zero-order valence-corrected chi connectivity index (χ0v) is 22.6. The Morgan fingerprint density at radius 2 is 1.49 bits per heavy atom. The summed E-state index contributed by atoms with van der Waals surface area (Å²) >= 11 is 0. The highest BCUT2D eigenvalue weighted by Gasteiger charge is 2.58. The molecule has 2 atom stereocenters. The molecule has 4 N–H and O–H groups in total. The van der Waals surface area contributed by atoms with E-state index in [1.54, 1.807) is 38.1 Å². The van der Waals surface area contributed by atoms with Crippen LogP contribution in [-0.2, 0) is 19.6 Å². The van der Waals surface area contributed by atoms with E-state index in [0.29, 0.717) is 5.92 Å². The number of hydrogen-bond acceptors (Lipinski definition) is 4. The Morgan fingerprint density at radius 3 is 2.03 bits per heavy atom. The van der Waals surface area contributed by atoms with Crippen molar-refractivity contribution in [2.75, 3.05) is 0 Å². The summed E-state index contributed by atoms with van der Waals surface area (Å²) in [6, 6.07) is 14.9. The molecular formula is C29H37N3O4S. The number of nitrogens with two attached hydrogens (primary N) is 1. The molecule has 0 saturated heterocycles. The van der Waals surface area contributed by atoms with Gasteiger partial charge in [0.2, 0.25) is 21.8 Å². The molecule has 0 spiro atoms. The van der Waals surface area contributed by atoms with Gasteiger partial charge in [0, 0.05) is 23.4 Å². The molecular weight excluding hydrogens is 486 g/mol. The molecule has 6 rings (SSSR count). The Labute approximate surface area is 219 Å². The van der Waals surface area contributed by atoms with Crippen molar-refractivity contribution in [1.82, 2.24) is 10.0 Å². The number of sulfonamides is 1. The molecule has 37 heavy (non-hydrogen) atoms. The van der Waals surface area contributed by atoms with Crippen LogP contribution in [0.5, 0.6) is 0 Å². The van der Waals surface area contributed by atoms with E-state index in [-0.39, 0.29) is 41.0 Å². The second-order valence-electron chi connectivity index (χ2n) is 12.3. The predicted molar refractivity (Wildman–Crippen MR) is 143 cm³/mol. The minimum atomic E-state index is -3.82. The van der Waals surface area contributed by atoms with Gasteiger partial charge in [-0.05, 0) is 93.9 Å². The lowest BCUT2D eigenvalue weighted by Crippen LogP contribution is -2.62. The molecule has 2 aromatic carbocycles. The number of carbonyl (C=O) groups excluding carboxylic acids is 2. The van der Waals surface area contributed by atoms with Crippen LogP contribution in [0.25, 0.3) is 11.1 Å². The fourth-order valence-corrected chi connectivity index (χ4v) is 8.64. The number of nitrogens with one attached hydrogen (secondary N) is 2. The summed E-state index contributed by atoms with van der Waals surface area (Å²) in [5, 5.41) is 3.20. The summed E-state index contributed by atoms with van der Waals surface area (Å²) < 4.78 is 29.0. The number of carbonyl (C=O) groups is 2. The van der Waals surface area contributed by atoms with E-state index in [2.05, 4.69) is 10.0 Å². The maximum absolute atomic E-state index is 13.1. The maximum Gasteiger partial charge on any atom is 0.241 e. The summed E-state index contributed by atoms with van der Waals surface area (Å²) in [6.45, 7) is 5.47. The lowest BCUT2D eigenvalue weighted by atomic mass is 9.47. The van der Waals surface area contributed by atoms with Gasteiger partial charge in [-0.25, -0.2) is 13.1 Å². The molecule has 2 unspecified atom stereocenters. The number of amides is 2. The normalized spacial score (nSPS) is 28.7. The molecule has 0 aromatic heterocycles. The second-order valence-corrected chi connectivity index (χ2v) is 13.9. The van der Waals surface area contributed by atoms with Crippen molar-refractivity contribution in [2.24, 2.45) is 28.9 Å². The predicted octanol–water partition coefficient (Wildman–Crippen LogP) is 3.91. The lowest BCUT2D eigenvalue weighted by Gasteiger charge is -2.58. The molecule has 0 heterocycles. The standard InChI is InChI=1S/C29H37N3O4S/c1-18-4-6-20(7-5-18)21-8-10-24(11-9-21)37(35,36)32-28(2,3)17-25(33)31-26-22-12-19-13-23(26)16-29(14-19,15-22)27(30)34/h4-11,19,22-23,26,32H,12-17H2,1-3H3,(H2,30,34)(H,31,33). The molecule has 2 aromatic rings. The molecule has 0 aliphatic heterocycles. The summed E-state index contributed by atoms with van der Waals surface area (Å²) in [6.07, 6.45) is 4.44. The summed E-state index contributed by atoms with van der Waals surface area (Å²) in [4.78, 5) is 25.4. The van der Waals surface area contributed by atoms with Crippen LogP contribution in [0, 0.1) is 30.1 Å². The van der Waals surface area contributed by atoms with Crippen molar-refractivity contribution in [3.63, 3.8) is 0 Å². The van der Waals surface area contributed by atoms with Crippen LogP contribution in [0.1, 0.15) is 57.9 Å². The Balaban J connectivity index is 1.21. The summed E-state index contributed by atoms with van der Waals surface area (Å²) in [7, 11) is -3.82. The Hall–Kier alpha value is -2.71. The highest BCUT2D eigenvalue weighted by Crippen LogP contribution is 2.59. The molecule has 2 amide bonds. The van der Waals surface area contributed by atoms with E-state index < -0.39 is 21.0 Å². The van der Waals surface area contributed by atoms with Gasteiger partial charge < -0.3 is 11.1 Å². The van der Waals surface area contributed by atoms with Crippen LogP contribution in [0.2, 0.25) is 0 Å². The third-order valence-corrected chi connectivity index (χ3v) is 10.4. The zero-order valence-electron chi connectivity index (χ0n) is 21.8. The number of primary amides is 1. The van der Waals surface area contributed by atoms with Crippen molar-refractivity contribution in [3.05, 3.63) is 54.1 Å². The van der Waals surface area contributed by atoms with Gasteiger partial charge in [-0.1, -0.05) is 42.0 Å². The van der Waals surface area contributed by atoms with Crippen LogP contribution in [-0.4, -0.2) is 31.8 Å². The molecule has 4 aliphatic carbocycles. The van der Waals surface area contributed by atoms with Crippen LogP contribution in [0.3, 0.4) is 0 Å². The topological polar surface area (TPSA) is 118 Å². The highest BCUT2D eigenvalue weighted by atomic mass is 32.2. The van der Waals surface area contributed by atoms with Gasteiger partial charge in [0.15, 0.2) is 0 Å². The van der Waals surface area contributed by atoms with Gasteiger partial charge in [-0.3, -0.25) is 9.59 Å². The van der Waals surface area contributed by atoms with Crippen LogP contribution in [0.15, 0.2) is 53.4 Å². The van der Waals surface area contributed by atoms with Gasteiger partial charge >= 0.3 is 0 Å². The quantitative estimate of drug-likeness (QED) is 0.486. The summed E-state index contributed by atoms with van der Waals surface area (Å²) in [5.41, 5.74) is 7.52. The second kappa shape index (κ2) is 9.24. The van der Waals surface area contributed by atoms with E-state index in [1.807, 2.05) is 31.2 Å². The first-order valence-corrected chi connectivity index (χ1v) is 14.6. The average Bonchev–Trinajstić information content (AvgIpc) is 2.80. The molecule has 8 heteroatoms. The maximum atomic E-state index is 13.1. The van der Waals surface area contributed by atoms with Gasteiger partial charge in [0.1, 0.15) is 0 Å². The van der Waals surface area contributed by atoms with E-state index >= 15 is 0 Å². The van der Waals surface area contributed by atoms with E-state index in [1.165, 1.54) is 0 Å². The van der Waals surface area contributed by atoms with Gasteiger partial charge in [-0.15, -0.1) is 0 Å². The molecule has 7 nitrogen and oxygen atoms in total. The largest absolute Gasteiger partial charge is 0.369 e. The molecule has 4 bridgehead atoms. The van der Waals surface area contributed by atoms with Crippen molar-refractivity contribution in [3.8, 4) is 11.1 Å². The Bertz CT molecular complexity index is 1290. The SMILES string of the molecule is Cc1ccc(-c2ccc(S(=O)(=O)NC(C)(C)CC(=O)NC3C4CC5CC3CC(C(N)=O)(C5)C4)cc2)cc1. The van der Waals surface area contributed by atoms with Crippen molar-refractivity contribution >= 4 is 21.8 Å². The monoisotopic (exact) mass is 523 g/mol. The van der Waals surface area contributed by atoms with E-state index in [9.17, 15) is 18.0 Å². The number of benzene rings is 2. The van der Waals surface area contributed by atoms with Crippen LogP contribution >= 0.6 is 0 Å². The first-order chi connectivity index (χ1) is 17.4. The fourth-order valence-electron chi connectivity index (χ4n) is 7.23. The smallest absolute Gasteiger partial charge is 0.241 e. The number of hydrogen-bond donors (Lipinski definition) is 3. The van der Waals surface area contributed by atoms with Crippen LogP contribution < -0.4 is 15.8 Å². The first-order valence-electron chi connectivity index (χ1n) is 13.2. The molecule has 4 aliphatic rings. The molecule has 198 valence electrons. The van der Waals surface area contributed by atoms with E-state index in [4.69, 9.17) is 5.73 Å². The van der Waals surface area contributed by atoms with Gasteiger partial charge in [-0.2, -0.15) is 0 Å². The molecule has 4 saturated carbocycles. The van der Waals surface area contributed by atoms with Crippen molar-refractivity contribution < 1.29 is 18.0 Å². The zero-order chi connectivity index (χ0) is 26.6. The average molecular weight is 524 g/mol. The molecule has 4 fully saturated rings. The Morgan fingerprint density at radius 1 is 0.946 bits per heavy atom. The van der Waals surface area contributed by atoms with Gasteiger partial charge in [0.25, 0.3) is 0 Å². The van der Waals surface area contributed by atoms with Crippen LogP contribution in [0.4, 0.5) is 0 Å². The summed E-state index contributed by atoms with van der Waals surface area (Å²) in [5.74, 6) is 0.662. The minimum absolute atomic E-state index is 0.0218. The highest BCUT2D eigenvalue weighted by molar-refractivity contribution is 7.89. The minimum Gasteiger partial charge on any atom is -0.369 e. The van der Waals surface area contributed by atoms with Gasteiger partial charge in [0.05, 0.1) is 4.90 Å². The number of rotatable bonds is 8. The fraction of sp³-hybridized carbons (Fsp3) is 0.517. The lowest BCUT2D eigenvalue weighted by molar-refractivity contribution is -0.147. The Kier molecular flexibility index (Phi) is 6.47. The third kappa shape index (κ3) is 5.18. The van der Waals surface area contributed by atoms with E-state index in [0.717, 1.165) is 48.8 Å². The number of aryl methyl sites for hydroxylation is 1. The van der Waals surface area contributed by atoms with Crippen molar-refractivity contribution in [1.29, 1.82) is 0 Å².